The summed E-state index contributed by atoms with van der Waals surface area (Å²) in [4.78, 5) is 79.3. The number of aryl methyl sites for hydroxylation is 4. The molecule has 0 saturated carbocycles. The van der Waals surface area contributed by atoms with Crippen molar-refractivity contribution in [1.82, 2.24) is 34.6 Å². The van der Waals surface area contributed by atoms with Crippen molar-refractivity contribution >= 4 is 103 Å². The quantitative estimate of drug-likeness (QED) is 0.0541. The molecule has 8 rings (SSSR count). The second-order valence-electron chi connectivity index (χ2n) is 18.8. The molecule has 0 aliphatic carbocycles. The summed E-state index contributed by atoms with van der Waals surface area (Å²) in [5, 5.41) is 6.12. The number of ketones is 1. The number of carbonyl (C=O) groups is 5. The summed E-state index contributed by atoms with van der Waals surface area (Å²) >= 11 is 14.5. The van der Waals surface area contributed by atoms with Gasteiger partial charge in [0, 0.05) is 48.4 Å². The third-order valence-electron chi connectivity index (χ3n) is 11.8. The van der Waals surface area contributed by atoms with Crippen molar-refractivity contribution in [3.63, 3.8) is 0 Å². The van der Waals surface area contributed by atoms with Gasteiger partial charge in [0.2, 0.25) is 27.7 Å². The first-order valence-electron chi connectivity index (χ1n) is 25.7. The fourth-order valence-electron chi connectivity index (χ4n) is 7.12. The Morgan fingerprint density at radius 2 is 1.46 bits per heavy atom. The number of methoxy groups -OCH3 is 3. The van der Waals surface area contributed by atoms with Crippen LogP contribution < -0.4 is 24.4 Å². The molecule has 2 N–H and O–H groups in total. The number of hydrogen-bond acceptors (Lipinski definition) is 18. The summed E-state index contributed by atoms with van der Waals surface area (Å²) in [5.41, 5.74) is 4.80. The second kappa shape index (κ2) is 36.5. The molecule has 458 valence electrons. The summed E-state index contributed by atoms with van der Waals surface area (Å²) in [7, 11) is 6.27. The molecule has 3 aliphatic rings. The summed E-state index contributed by atoms with van der Waals surface area (Å²) in [6.45, 7) is 12.8. The van der Waals surface area contributed by atoms with E-state index in [9.17, 15) is 45.6 Å². The van der Waals surface area contributed by atoms with Crippen molar-refractivity contribution in [3.05, 3.63) is 103 Å². The molecule has 2 aromatic carbocycles. The number of thiophene rings is 1. The number of ether oxygens (including phenoxy) is 3. The van der Waals surface area contributed by atoms with Gasteiger partial charge < -0.3 is 34.1 Å². The molecule has 3 fully saturated rings. The number of anilines is 3. The molecule has 5 aromatic rings. The number of aromatic nitrogens is 4. The van der Waals surface area contributed by atoms with E-state index in [-0.39, 0.29) is 60.7 Å². The van der Waals surface area contributed by atoms with Gasteiger partial charge in [0.15, 0.2) is 16.7 Å². The number of esters is 1. The van der Waals surface area contributed by atoms with E-state index in [2.05, 4.69) is 52.7 Å². The number of Topliss-reactive ketones (excluding diaryl/α,β-unsaturated/α-hetero) is 1. The lowest BCUT2D eigenvalue weighted by atomic mass is 9.97. The Kier molecular flexibility index (Phi) is 32.1. The Morgan fingerprint density at radius 1 is 0.819 bits per heavy atom. The van der Waals surface area contributed by atoms with Crippen molar-refractivity contribution in [3.8, 4) is 11.9 Å². The zero-order chi connectivity index (χ0) is 62.6. The second-order valence-corrected chi connectivity index (χ2v) is 23.2. The molecule has 20 nitrogen and oxygen atoms in total. The Balaban J connectivity index is 0.000000335. The van der Waals surface area contributed by atoms with Crippen LogP contribution in [0.2, 0.25) is 10.0 Å². The minimum absolute atomic E-state index is 0.0282. The van der Waals surface area contributed by atoms with E-state index in [0.29, 0.717) is 46.1 Å². The first kappa shape index (κ1) is 72.9. The molecule has 0 bridgehead atoms. The number of hydrogen-bond donors (Lipinski definition) is 2. The number of likely N-dealkylation sites (tertiary alicyclic amines) is 2. The number of amides is 4. The number of benzene rings is 2. The first-order valence-corrected chi connectivity index (χ1v) is 30.4. The number of carbonyl (C=O) groups excluding carboxylic acids is 5. The predicted octanol–water partition coefficient (Wildman–Crippen LogP) is 10.7. The van der Waals surface area contributed by atoms with Crippen LogP contribution in [0.25, 0.3) is 0 Å². The molecule has 6 heterocycles. The highest BCUT2D eigenvalue weighted by molar-refractivity contribution is 7.98. The molecule has 0 unspecified atom stereocenters. The van der Waals surface area contributed by atoms with Crippen molar-refractivity contribution in [2.75, 3.05) is 103 Å². The van der Waals surface area contributed by atoms with Crippen LogP contribution in [0.3, 0.4) is 0 Å². The van der Waals surface area contributed by atoms with Gasteiger partial charge in [-0.15, -0.1) is 11.3 Å². The van der Waals surface area contributed by atoms with Crippen molar-refractivity contribution in [2.45, 2.75) is 84.5 Å². The van der Waals surface area contributed by atoms with Gasteiger partial charge in [-0.3, -0.25) is 24.1 Å². The fraction of sp³-hybridized carbons (Fsp3) is 0.473. The van der Waals surface area contributed by atoms with Gasteiger partial charge in [0.05, 0.1) is 43.5 Å². The third kappa shape index (κ3) is 28.8. The zero-order valence-corrected chi connectivity index (χ0v) is 52.9. The maximum atomic E-state index is 12.0. The molecule has 0 spiro atoms. The number of alkyl halides is 3. The average Bonchev–Trinajstić information content (AvgIpc) is 4.21. The first-order chi connectivity index (χ1) is 38.9. The molecule has 83 heavy (non-hydrogen) atoms. The van der Waals surface area contributed by atoms with Crippen LogP contribution in [0.5, 0.6) is 11.9 Å². The lowest BCUT2D eigenvalue weighted by Crippen LogP contribution is -2.36. The van der Waals surface area contributed by atoms with Gasteiger partial charge in [-0.05, 0) is 165 Å². The zero-order valence-electron chi connectivity index (χ0n) is 49.0. The number of rotatable bonds is 11. The van der Waals surface area contributed by atoms with E-state index in [1.165, 1.54) is 94.4 Å². The molecule has 0 atom stereocenters. The lowest BCUT2D eigenvalue weighted by molar-refractivity contribution is -0.184. The number of imide groups is 1. The van der Waals surface area contributed by atoms with Crippen LogP contribution in [-0.2, 0) is 35.6 Å². The normalized spacial score (nSPS) is 14.2. The van der Waals surface area contributed by atoms with Gasteiger partial charge in [-0.2, -0.15) is 23.1 Å². The Labute approximate surface area is 503 Å². The predicted molar refractivity (Wildman–Crippen MR) is 322 cm³/mol. The van der Waals surface area contributed by atoms with E-state index >= 15 is 0 Å². The van der Waals surface area contributed by atoms with Gasteiger partial charge in [0.25, 0.3) is 0 Å². The van der Waals surface area contributed by atoms with Gasteiger partial charge in [-0.1, -0.05) is 47.1 Å². The SMILES string of the molecule is CC(=O)CCc1cccs1.CC(=O)Nc1ccc(Cl)c(Cl)c1.CN1CCC(C(F)(F)F)CC1.CN1CCCC1.COC(=O)c1cc(C)nc(SC)n1.COc1cc(NS(C)(=O)=O)nc(OC)n1.Cc1ccc(N2CC(=O)N(C)C2=O)cc1C. The molecule has 0 radical (unpaired) electrons. The summed E-state index contributed by atoms with van der Waals surface area (Å²) in [6.07, 6.45) is 3.85. The minimum Gasteiger partial charge on any atom is -0.481 e. The molecule has 3 aliphatic heterocycles. The number of nitrogens with one attached hydrogen (secondary N) is 2. The lowest BCUT2D eigenvalue weighted by Gasteiger charge is -2.30. The Bertz CT molecular complexity index is 2970. The standard InChI is InChI=1S/C12H14N2O2.C8H7Cl2NO.C8H10N2O2S.C8H10OS.C7H12F3N.C7H11N3O4S.C5H11N/c1-8-4-5-10(6-9(8)2)14-7-11(15)13(3)12(14)16;1-5(12)11-6-2-3-7(9)8(10)4-6;1-5-4-6(7(11)12-2)10-8(9-5)13-3;1-7(9)4-5-8-3-2-6-10-8;1-11-4-2-6(3-5-11)7(8,9)10;1-13-6-4-5(10-15(3,11)12)8-7(9-6)14-2;1-6-4-2-3-5-6/h4-6H,7H2,1-3H3;2-4H,1H3,(H,11,12);4H,1-3H3;2-3,6H,4-5H2,1H3;6H,2-5H2,1H3;4H,1-3H3,(H,8,9,10);2-5H2,1H3. The number of sulfonamides is 1. The number of halogens is 5. The summed E-state index contributed by atoms with van der Waals surface area (Å²) in [6, 6.07) is 17.5. The largest absolute Gasteiger partial charge is 0.481 e. The number of nitrogens with zero attached hydrogens (tertiary/aromatic N) is 8. The highest BCUT2D eigenvalue weighted by Crippen LogP contribution is 2.33. The van der Waals surface area contributed by atoms with E-state index in [4.69, 9.17) is 32.7 Å². The van der Waals surface area contributed by atoms with Gasteiger partial charge in [-0.25, -0.2) is 28.0 Å². The highest BCUT2D eigenvalue weighted by Gasteiger charge is 2.40. The molecule has 28 heteroatoms. The smallest absolute Gasteiger partial charge is 0.391 e. The van der Waals surface area contributed by atoms with Gasteiger partial charge in [0.1, 0.15) is 12.3 Å². The molecular weight excluding hydrogens is 1180 g/mol. The van der Waals surface area contributed by atoms with Crippen molar-refractivity contribution in [1.29, 1.82) is 0 Å². The number of thioether (sulfide) groups is 1. The highest BCUT2D eigenvalue weighted by atomic mass is 35.5. The average molecular weight is 1260 g/mol. The van der Waals surface area contributed by atoms with E-state index < -0.39 is 28.1 Å². The van der Waals surface area contributed by atoms with Crippen LogP contribution in [0.1, 0.15) is 78.1 Å². The van der Waals surface area contributed by atoms with Crippen LogP contribution >= 0.6 is 46.3 Å². The maximum absolute atomic E-state index is 12.0. The van der Waals surface area contributed by atoms with Crippen LogP contribution in [-0.4, -0.2) is 167 Å². The molecule has 3 aromatic heterocycles. The molecule has 4 amide bonds. The van der Waals surface area contributed by atoms with Crippen LogP contribution in [0.4, 0.5) is 35.2 Å². The Hall–Kier alpha value is -6.16. The van der Waals surface area contributed by atoms with E-state index in [1.807, 2.05) is 68.6 Å². The maximum Gasteiger partial charge on any atom is 0.391 e. The fourth-order valence-corrected chi connectivity index (χ4v) is 9.03. The monoisotopic (exact) mass is 1260 g/mol. The summed E-state index contributed by atoms with van der Waals surface area (Å²) in [5.74, 6) is -1.20. The van der Waals surface area contributed by atoms with Crippen molar-refractivity contribution in [2.24, 2.45) is 5.92 Å². The molecular formula is C55H75Cl2F3N10O10S3. The summed E-state index contributed by atoms with van der Waals surface area (Å²) < 4.78 is 74.4. The minimum atomic E-state index is -3.97. The van der Waals surface area contributed by atoms with Crippen LogP contribution in [0, 0.1) is 26.7 Å². The van der Waals surface area contributed by atoms with Gasteiger partial charge >= 0.3 is 24.2 Å². The molecule has 3 saturated heterocycles. The topological polar surface area (TPSA) is 236 Å². The third-order valence-corrected chi connectivity index (χ3v) is 14.6. The number of urea groups is 1. The van der Waals surface area contributed by atoms with Crippen LogP contribution in [0.15, 0.2) is 71.2 Å². The number of piperidine rings is 1. The van der Waals surface area contributed by atoms with E-state index in [1.54, 1.807) is 42.5 Å². The number of likely N-dealkylation sites (N-methyl/N-ethyl adjacent to an activating group) is 1. The van der Waals surface area contributed by atoms with Crippen molar-refractivity contribution < 1.29 is 59.8 Å². The van der Waals surface area contributed by atoms with E-state index in [0.717, 1.165) is 34.5 Å². The Morgan fingerprint density at radius 3 is 1.92 bits per heavy atom.